The minimum atomic E-state index is -0.261. The van der Waals surface area contributed by atoms with E-state index in [9.17, 15) is 4.79 Å². The average molecular weight is 253 g/mol. The number of hydrogen-bond donors (Lipinski definition) is 2. The standard InChI is InChI=1S/C13H17ClN2O/c1-8(4-13(15)17)16-12-6-9-2-3-11(14)5-10(9)7-12/h2-3,5,8,12,16H,4,6-7H2,1H3,(H2,15,17). The van der Waals surface area contributed by atoms with E-state index in [1.807, 2.05) is 19.1 Å². The van der Waals surface area contributed by atoms with Gasteiger partial charge in [0.15, 0.2) is 0 Å². The predicted molar refractivity (Wildman–Crippen MR) is 69.1 cm³/mol. The van der Waals surface area contributed by atoms with E-state index in [4.69, 9.17) is 17.3 Å². The number of carbonyl (C=O) groups is 1. The van der Waals surface area contributed by atoms with Crippen molar-refractivity contribution in [2.75, 3.05) is 0 Å². The molecule has 0 saturated carbocycles. The van der Waals surface area contributed by atoms with E-state index in [0.29, 0.717) is 12.5 Å². The SMILES string of the molecule is CC(CC(N)=O)NC1Cc2ccc(Cl)cc2C1. The molecule has 0 aromatic heterocycles. The molecule has 0 spiro atoms. The highest BCUT2D eigenvalue weighted by atomic mass is 35.5. The summed E-state index contributed by atoms with van der Waals surface area (Å²) in [6.45, 7) is 1.99. The number of nitrogens with one attached hydrogen (secondary N) is 1. The Hall–Kier alpha value is -1.06. The van der Waals surface area contributed by atoms with Crippen LogP contribution in [-0.4, -0.2) is 18.0 Å². The van der Waals surface area contributed by atoms with E-state index in [0.717, 1.165) is 17.9 Å². The summed E-state index contributed by atoms with van der Waals surface area (Å²) in [7, 11) is 0. The Morgan fingerprint density at radius 1 is 1.53 bits per heavy atom. The van der Waals surface area contributed by atoms with Crippen molar-refractivity contribution in [2.24, 2.45) is 5.73 Å². The van der Waals surface area contributed by atoms with Crippen molar-refractivity contribution < 1.29 is 4.79 Å². The second-order valence-electron chi connectivity index (χ2n) is 4.76. The highest BCUT2D eigenvalue weighted by molar-refractivity contribution is 6.30. The summed E-state index contributed by atoms with van der Waals surface area (Å²) in [5.41, 5.74) is 7.83. The molecule has 1 amide bonds. The average Bonchev–Trinajstić information content (AvgIpc) is 2.57. The molecule has 1 aromatic carbocycles. The maximum atomic E-state index is 10.8. The quantitative estimate of drug-likeness (QED) is 0.856. The molecule has 4 heteroatoms. The molecule has 2 rings (SSSR count). The van der Waals surface area contributed by atoms with Crippen molar-refractivity contribution in [3.05, 3.63) is 34.3 Å². The van der Waals surface area contributed by atoms with Gasteiger partial charge in [-0.1, -0.05) is 17.7 Å². The molecule has 1 aliphatic carbocycles. The van der Waals surface area contributed by atoms with Crippen molar-refractivity contribution in [1.82, 2.24) is 5.32 Å². The highest BCUT2D eigenvalue weighted by Gasteiger charge is 2.22. The normalized spacial score (nSPS) is 20.0. The number of fused-ring (bicyclic) bond motifs is 1. The molecule has 3 nitrogen and oxygen atoms in total. The van der Waals surface area contributed by atoms with Crippen LogP contribution in [0.1, 0.15) is 24.5 Å². The fourth-order valence-corrected chi connectivity index (χ4v) is 2.66. The maximum absolute atomic E-state index is 10.8. The van der Waals surface area contributed by atoms with Gasteiger partial charge in [-0.05, 0) is 43.0 Å². The first-order chi connectivity index (χ1) is 8.04. The Labute approximate surface area is 106 Å². The number of rotatable bonds is 4. The lowest BCUT2D eigenvalue weighted by Gasteiger charge is -2.17. The van der Waals surface area contributed by atoms with E-state index >= 15 is 0 Å². The second kappa shape index (κ2) is 5.07. The molecule has 0 fully saturated rings. The van der Waals surface area contributed by atoms with Gasteiger partial charge in [0.2, 0.25) is 5.91 Å². The van der Waals surface area contributed by atoms with Crippen molar-refractivity contribution in [1.29, 1.82) is 0 Å². The lowest BCUT2D eigenvalue weighted by Crippen LogP contribution is -2.39. The lowest BCUT2D eigenvalue weighted by atomic mass is 10.1. The first-order valence-electron chi connectivity index (χ1n) is 5.86. The zero-order valence-electron chi connectivity index (χ0n) is 9.87. The predicted octanol–water partition coefficient (Wildman–Crippen LogP) is 1.66. The lowest BCUT2D eigenvalue weighted by molar-refractivity contribution is -0.118. The van der Waals surface area contributed by atoms with Crippen molar-refractivity contribution >= 4 is 17.5 Å². The van der Waals surface area contributed by atoms with Gasteiger partial charge in [-0.2, -0.15) is 0 Å². The summed E-state index contributed by atoms with van der Waals surface area (Å²) in [5, 5.41) is 4.22. The van der Waals surface area contributed by atoms with Gasteiger partial charge in [0, 0.05) is 23.5 Å². The van der Waals surface area contributed by atoms with E-state index in [-0.39, 0.29) is 11.9 Å². The number of amides is 1. The molecular formula is C13H17ClN2O. The molecule has 17 heavy (non-hydrogen) atoms. The fraction of sp³-hybridized carbons (Fsp3) is 0.462. The van der Waals surface area contributed by atoms with Crippen LogP contribution in [0.5, 0.6) is 0 Å². The van der Waals surface area contributed by atoms with E-state index < -0.39 is 0 Å². The smallest absolute Gasteiger partial charge is 0.218 e. The first kappa shape index (κ1) is 12.4. The Kier molecular flexibility index (Phi) is 3.69. The van der Waals surface area contributed by atoms with Crippen LogP contribution in [-0.2, 0) is 17.6 Å². The van der Waals surface area contributed by atoms with Gasteiger partial charge in [0.1, 0.15) is 0 Å². The van der Waals surface area contributed by atoms with Crippen LogP contribution >= 0.6 is 11.6 Å². The molecule has 2 atom stereocenters. The van der Waals surface area contributed by atoms with E-state index in [1.165, 1.54) is 11.1 Å². The van der Waals surface area contributed by atoms with E-state index in [1.54, 1.807) is 0 Å². The molecule has 1 aliphatic rings. The minimum Gasteiger partial charge on any atom is -0.370 e. The van der Waals surface area contributed by atoms with Crippen LogP contribution in [0.25, 0.3) is 0 Å². The number of benzene rings is 1. The van der Waals surface area contributed by atoms with Gasteiger partial charge in [0.05, 0.1) is 0 Å². The first-order valence-corrected chi connectivity index (χ1v) is 6.24. The molecule has 0 bridgehead atoms. The number of primary amides is 1. The topological polar surface area (TPSA) is 55.1 Å². The van der Waals surface area contributed by atoms with Crippen molar-refractivity contribution in [3.63, 3.8) is 0 Å². The zero-order valence-corrected chi connectivity index (χ0v) is 10.6. The number of carbonyl (C=O) groups excluding carboxylic acids is 1. The summed E-state index contributed by atoms with van der Waals surface area (Å²) < 4.78 is 0. The minimum absolute atomic E-state index is 0.127. The molecule has 3 N–H and O–H groups in total. The third-order valence-corrected chi connectivity index (χ3v) is 3.36. The Balaban J connectivity index is 1.94. The van der Waals surface area contributed by atoms with Crippen LogP contribution < -0.4 is 11.1 Å². The molecule has 2 unspecified atom stereocenters. The third kappa shape index (κ3) is 3.20. The number of hydrogen-bond acceptors (Lipinski definition) is 2. The third-order valence-electron chi connectivity index (χ3n) is 3.13. The zero-order chi connectivity index (χ0) is 12.4. The summed E-state index contributed by atoms with van der Waals surface area (Å²) in [5.74, 6) is -0.261. The molecule has 0 radical (unpaired) electrons. The largest absolute Gasteiger partial charge is 0.370 e. The van der Waals surface area contributed by atoms with Crippen LogP contribution in [0, 0.1) is 0 Å². The fourth-order valence-electron chi connectivity index (χ4n) is 2.47. The van der Waals surface area contributed by atoms with E-state index in [2.05, 4.69) is 11.4 Å². The molecule has 0 heterocycles. The molecule has 1 aromatic rings. The maximum Gasteiger partial charge on any atom is 0.218 e. The van der Waals surface area contributed by atoms with Gasteiger partial charge in [0.25, 0.3) is 0 Å². The Morgan fingerprint density at radius 2 is 2.24 bits per heavy atom. The summed E-state index contributed by atoms with van der Waals surface area (Å²) in [6.07, 6.45) is 2.35. The summed E-state index contributed by atoms with van der Waals surface area (Å²) in [6, 6.07) is 6.55. The number of nitrogens with two attached hydrogens (primary N) is 1. The van der Waals surface area contributed by atoms with Crippen LogP contribution in [0.3, 0.4) is 0 Å². The van der Waals surface area contributed by atoms with Crippen LogP contribution in [0.4, 0.5) is 0 Å². The molecule has 0 saturated heterocycles. The second-order valence-corrected chi connectivity index (χ2v) is 5.19. The monoisotopic (exact) mass is 252 g/mol. The summed E-state index contributed by atoms with van der Waals surface area (Å²) in [4.78, 5) is 10.8. The Morgan fingerprint density at radius 3 is 2.94 bits per heavy atom. The van der Waals surface area contributed by atoms with Gasteiger partial charge >= 0.3 is 0 Å². The van der Waals surface area contributed by atoms with Gasteiger partial charge in [-0.15, -0.1) is 0 Å². The molecule has 0 aliphatic heterocycles. The van der Waals surface area contributed by atoms with Crippen molar-refractivity contribution in [2.45, 2.75) is 38.3 Å². The van der Waals surface area contributed by atoms with Gasteiger partial charge < -0.3 is 11.1 Å². The van der Waals surface area contributed by atoms with Gasteiger partial charge in [-0.3, -0.25) is 4.79 Å². The number of halogens is 1. The molecule has 92 valence electrons. The van der Waals surface area contributed by atoms with Crippen LogP contribution in [0.15, 0.2) is 18.2 Å². The van der Waals surface area contributed by atoms with Crippen LogP contribution in [0.2, 0.25) is 5.02 Å². The van der Waals surface area contributed by atoms with Crippen molar-refractivity contribution in [3.8, 4) is 0 Å². The molecular weight excluding hydrogens is 236 g/mol. The summed E-state index contributed by atoms with van der Waals surface area (Å²) >= 11 is 5.96. The Bertz CT molecular complexity index is 433. The van der Waals surface area contributed by atoms with Gasteiger partial charge in [-0.25, -0.2) is 0 Å². The highest BCUT2D eigenvalue weighted by Crippen LogP contribution is 2.25.